The first-order valence-corrected chi connectivity index (χ1v) is 12.8. The van der Waals surface area contributed by atoms with Gasteiger partial charge in [0.05, 0.1) is 19.3 Å². The number of aromatic amines is 1. The fraction of sp³-hybridized carbons (Fsp3) is 0.250. The Bertz CT molecular complexity index is 1390. The maximum Gasteiger partial charge on any atom is 0.416 e. The lowest BCUT2D eigenvalue weighted by Crippen LogP contribution is -2.42. The summed E-state index contributed by atoms with van der Waals surface area (Å²) in [5.74, 6) is 0.481. The van der Waals surface area contributed by atoms with Gasteiger partial charge < -0.3 is 24.7 Å². The number of carbonyl (C=O) groups excluding carboxylic acids is 1. The molecule has 1 aromatic heterocycles. The van der Waals surface area contributed by atoms with Crippen LogP contribution in [0.4, 0.5) is 9.18 Å². The predicted octanol–water partition coefficient (Wildman–Crippen LogP) is 5.34. The summed E-state index contributed by atoms with van der Waals surface area (Å²) in [5.41, 5.74) is 3.90. The number of rotatable bonds is 7. The fourth-order valence-corrected chi connectivity index (χ4v) is 4.98. The Labute approximate surface area is 221 Å². The van der Waals surface area contributed by atoms with Crippen LogP contribution >= 0.6 is 15.9 Å². The summed E-state index contributed by atoms with van der Waals surface area (Å²) in [7, 11) is 0. The number of nitrogens with one attached hydrogen (secondary N) is 1. The van der Waals surface area contributed by atoms with Gasteiger partial charge >= 0.3 is 6.09 Å². The first-order valence-electron chi connectivity index (χ1n) is 12.0. The van der Waals surface area contributed by atoms with E-state index in [-0.39, 0.29) is 19.0 Å². The third-order valence-electron chi connectivity index (χ3n) is 6.47. The predicted molar refractivity (Wildman–Crippen MR) is 140 cm³/mol. The molecule has 0 bridgehead atoms. The van der Waals surface area contributed by atoms with Gasteiger partial charge in [-0.25, -0.2) is 9.18 Å². The molecule has 2 heterocycles. The Morgan fingerprint density at radius 2 is 1.84 bits per heavy atom. The highest BCUT2D eigenvalue weighted by Crippen LogP contribution is 2.40. The molecule has 1 amide bonds. The third-order valence-corrected chi connectivity index (χ3v) is 6.96. The second kappa shape index (κ2) is 10.9. The summed E-state index contributed by atoms with van der Waals surface area (Å²) in [6.45, 7) is 0.396. The maximum absolute atomic E-state index is 13.3. The normalized spacial score (nSPS) is 15.9. The van der Waals surface area contributed by atoms with E-state index in [1.807, 2.05) is 36.4 Å². The van der Waals surface area contributed by atoms with Crippen LogP contribution in [0, 0.1) is 5.82 Å². The van der Waals surface area contributed by atoms with E-state index in [9.17, 15) is 14.3 Å². The van der Waals surface area contributed by atoms with Crippen LogP contribution in [0.15, 0.2) is 71.2 Å². The van der Waals surface area contributed by atoms with Gasteiger partial charge in [-0.3, -0.25) is 4.90 Å². The van der Waals surface area contributed by atoms with E-state index in [1.165, 1.54) is 24.3 Å². The summed E-state index contributed by atoms with van der Waals surface area (Å²) in [6, 6.07) is 18.4. The van der Waals surface area contributed by atoms with Crippen LogP contribution in [0.5, 0.6) is 11.5 Å². The highest BCUT2D eigenvalue weighted by Gasteiger charge is 2.35. The first-order chi connectivity index (χ1) is 17.9. The third kappa shape index (κ3) is 5.49. The van der Waals surface area contributed by atoms with Gasteiger partial charge in [-0.2, -0.15) is 0 Å². The van der Waals surface area contributed by atoms with Crippen molar-refractivity contribution < 1.29 is 28.9 Å². The number of fused-ring (bicyclic) bond motifs is 3. The molecular formula is C28H26BrFN2O5. The van der Waals surface area contributed by atoms with Crippen LogP contribution in [0.3, 0.4) is 0 Å². The summed E-state index contributed by atoms with van der Waals surface area (Å²) in [6.07, 6.45) is -0.379. The molecule has 0 unspecified atom stereocenters. The van der Waals surface area contributed by atoms with E-state index in [2.05, 4.69) is 27.0 Å². The number of ether oxygens (including phenoxy) is 2. The van der Waals surface area contributed by atoms with Gasteiger partial charge in [0.25, 0.3) is 0 Å². The molecule has 37 heavy (non-hydrogen) atoms. The Hall–Kier alpha value is -3.40. The Kier molecular flexibility index (Phi) is 7.45. The molecule has 0 radical (unpaired) electrons. The van der Waals surface area contributed by atoms with Gasteiger partial charge in [-0.1, -0.05) is 28.1 Å². The summed E-state index contributed by atoms with van der Waals surface area (Å²) in [4.78, 5) is 18.5. The molecule has 0 aliphatic carbocycles. The average molecular weight is 569 g/mol. The number of hydrogen-bond donors (Lipinski definition) is 3. The number of nitrogens with zero attached hydrogens (tertiary/aromatic N) is 1. The average Bonchev–Trinajstić information content (AvgIpc) is 3.27. The lowest BCUT2D eigenvalue weighted by atomic mass is 9.92. The van der Waals surface area contributed by atoms with E-state index in [4.69, 9.17) is 14.6 Å². The molecule has 9 heteroatoms. The monoisotopic (exact) mass is 568 g/mol. The second-order valence-corrected chi connectivity index (χ2v) is 9.83. The number of aromatic nitrogens is 1. The van der Waals surface area contributed by atoms with Gasteiger partial charge in [0.1, 0.15) is 23.4 Å². The maximum atomic E-state index is 13.3. The van der Waals surface area contributed by atoms with Gasteiger partial charge in [0, 0.05) is 34.0 Å². The molecule has 5 rings (SSSR count). The molecule has 0 spiro atoms. The van der Waals surface area contributed by atoms with E-state index >= 15 is 0 Å². The lowest BCUT2D eigenvalue weighted by Gasteiger charge is -2.35. The minimum Gasteiger partial charge on any atom is -0.493 e. The Morgan fingerprint density at radius 1 is 1.11 bits per heavy atom. The van der Waals surface area contributed by atoms with Crippen molar-refractivity contribution in [1.29, 1.82) is 0 Å². The van der Waals surface area contributed by atoms with E-state index < -0.39 is 24.1 Å². The lowest BCUT2D eigenvalue weighted by molar-refractivity contribution is 0.0754. The summed E-state index contributed by atoms with van der Waals surface area (Å²) in [5, 5.41) is 19.6. The summed E-state index contributed by atoms with van der Waals surface area (Å²) >= 11 is 3.56. The van der Waals surface area contributed by atoms with Gasteiger partial charge in [-0.05, 0) is 72.1 Å². The number of carbonyl (C=O) groups is 1. The number of halogens is 2. The largest absolute Gasteiger partial charge is 0.493 e. The minimum atomic E-state index is -0.817. The standard InChI is InChI=1S/C28H26BrFN2O5/c29-18-3-10-25-24(15-18)23-11-13-32(28(35)37-22-8-4-19(30)5-9-22)27(26(23)31-25)17-1-6-21(7-2-17)36-14-12-20(34)16-33/h1-10,15,20,27,31,33-34H,11-14,16H2/t20-,27-/m0/s1. The first kappa shape index (κ1) is 25.3. The van der Waals surface area contributed by atoms with Crippen LogP contribution in [0.25, 0.3) is 10.9 Å². The van der Waals surface area contributed by atoms with Crippen LogP contribution in [-0.2, 0) is 6.42 Å². The molecule has 4 aromatic rings. The van der Waals surface area contributed by atoms with Crippen molar-refractivity contribution in [2.24, 2.45) is 0 Å². The van der Waals surface area contributed by atoms with Crippen LogP contribution in [0.2, 0.25) is 0 Å². The van der Waals surface area contributed by atoms with Crippen molar-refractivity contribution >= 4 is 32.9 Å². The van der Waals surface area contributed by atoms with Crippen molar-refractivity contribution in [2.45, 2.75) is 25.0 Å². The SMILES string of the molecule is O=C(Oc1ccc(F)cc1)N1CCc2c([nH]c3ccc(Br)cc23)[C@@H]1c1ccc(OCC[C@H](O)CO)cc1. The number of H-pyrrole nitrogens is 1. The molecular weight excluding hydrogens is 543 g/mol. The zero-order valence-electron chi connectivity index (χ0n) is 19.9. The molecule has 1 aliphatic heterocycles. The molecule has 192 valence electrons. The molecule has 2 atom stereocenters. The Morgan fingerprint density at radius 3 is 2.57 bits per heavy atom. The molecule has 0 saturated carbocycles. The van der Waals surface area contributed by atoms with Crippen molar-refractivity contribution in [3.63, 3.8) is 0 Å². The minimum absolute atomic E-state index is 0.266. The molecule has 7 nitrogen and oxygen atoms in total. The molecule has 1 aliphatic rings. The summed E-state index contributed by atoms with van der Waals surface area (Å²) < 4.78 is 25.6. The van der Waals surface area contributed by atoms with Crippen molar-refractivity contribution in [2.75, 3.05) is 19.8 Å². The van der Waals surface area contributed by atoms with Crippen molar-refractivity contribution in [3.8, 4) is 11.5 Å². The van der Waals surface area contributed by atoms with Crippen LogP contribution in [0.1, 0.15) is 29.3 Å². The van der Waals surface area contributed by atoms with Crippen molar-refractivity contribution in [1.82, 2.24) is 9.88 Å². The Balaban J connectivity index is 1.46. The number of hydrogen-bond acceptors (Lipinski definition) is 5. The van der Waals surface area contributed by atoms with E-state index in [0.717, 1.165) is 32.2 Å². The smallest absolute Gasteiger partial charge is 0.416 e. The van der Waals surface area contributed by atoms with Crippen LogP contribution in [-0.4, -0.2) is 52.1 Å². The van der Waals surface area contributed by atoms with Gasteiger partial charge in [0.15, 0.2) is 0 Å². The number of amides is 1. The van der Waals surface area contributed by atoms with Gasteiger partial charge in [0.2, 0.25) is 0 Å². The molecule has 3 aromatic carbocycles. The van der Waals surface area contributed by atoms with Crippen molar-refractivity contribution in [3.05, 3.63) is 93.8 Å². The highest BCUT2D eigenvalue weighted by atomic mass is 79.9. The molecule has 0 fully saturated rings. The number of aliphatic hydroxyl groups is 2. The quantitative estimate of drug-likeness (QED) is 0.280. The topological polar surface area (TPSA) is 95.0 Å². The number of benzene rings is 3. The molecule has 0 saturated heterocycles. The zero-order valence-corrected chi connectivity index (χ0v) is 21.4. The fourth-order valence-electron chi connectivity index (χ4n) is 4.62. The second-order valence-electron chi connectivity index (χ2n) is 8.92. The highest BCUT2D eigenvalue weighted by molar-refractivity contribution is 9.10. The van der Waals surface area contributed by atoms with E-state index in [1.54, 1.807) is 4.90 Å². The van der Waals surface area contributed by atoms with Crippen LogP contribution < -0.4 is 9.47 Å². The number of aliphatic hydroxyl groups excluding tert-OH is 2. The van der Waals surface area contributed by atoms with E-state index in [0.29, 0.717) is 25.1 Å². The zero-order chi connectivity index (χ0) is 25.9. The molecule has 3 N–H and O–H groups in total. The van der Waals surface area contributed by atoms with Gasteiger partial charge in [-0.15, -0.1) is 0 Å².